The number of anilines is 1. The first kappa shape index (κ1) is 18.0. The van der Waals surface area contributed by atoms with Crippen molar-refractivity contribution in [2.75, 3.05) is 25.1 Å². The maximum absolute atomic E-state index is 12.2. The molecule has 1 aromatic heterocycles. The van der Waals surface area contributed by atoms with Crippen molar-refractivity contribution >= 4 is 11.7 Å². The van der Waals surface area contributed by atoms with E-state index in [9.17, 15) is 4.79 Å². The summed E-state index contributed by atoms with van der Waals surface area (Å²) in [5, 5.41) is 2.89. The monoisotopic (exact) mass is 355 g/mol. The zero-order valence-corrected chi connectivity index (χ0v) is 15.3. The van der Waals surface area contributed by atoms with Crippen molar-refractivity contribution < 1.29 is 14.3 Å². The number of pyridine rings is 1. The summed E-state index contributed by atoms with van der Waals surface area (Å²) in [6, 6.07) is 11.2. The molecule has 1 aromatic carbocycles. The van der Waals surface area contributed by atoms with E-state index >= 15 is 0 Å². The summed E-state index contributed by atoms with van der Waals surface area (Å²) in [6.45, 7) is 4.31. The minimum atomic E-state index is -0.583. The molecule has 1 saturated heterocycles. The molecule has 0 saturated carbocycles. The van der Waals surface area contributed by atoms with Gasteiger partial charge in [-0.15, -0.1) is 0 Å². The molecule has 2 aromatic rings. The van der Waals surface area contributed by atoms with Crippen LogP contribution in [0.25, 0.3) is 0 Å². The quantitative estimate of drug-likeness (QED) is 0.827. The maximum atomic E-state index is 12.2. The van der Waals surface area contributed by atoms with Crippen LogP contribution >= 0.6 is 0 Å². The van der Waals surface area contributed by atoms with Crippen molar-refractivity contribution in [3.63, 3.8) is 0 Å². The molecule has 3 rings (SSSR count). The fourth-order valence-electron chi connectivity index (χ4n) is 2.90. The Kier molecular flexibility index (Phi) is 5.94. The molecular formula is C20H25N3O3. The zero-order chi connectivity index (χ0) is 18.4. The molecule has 1 aliphatic heterocycles. The van der Waals surface area contributed by atoms with Crippen LogP contribution in [0.5, 0.6) is 11.5 Å². The fourth-order valence-corrected chi connectivity index (χ4v) is 2.90. The molecule has 1 atom stereocenters. The Morgan fingerprint density at radius 1 is 1.15 bits per heavy atom. The molecule has 0 aliphatic carbocycles. The molecular weight excluding hydrogens is 330 g/mol. The van der Waals surface area contributed by atoms with Crippen LogP contribution in [0.15, 0.2) is 42.6 Å². The first-order valence-corrected chi connectivity index (χ1v) is 8.94. The minimum absolute atomic E-state index is 0.163. The van der Waals surface area contributed by atoms with E-state index in [0.717, 1.165) is 30.2 Å². The Balaban J connectivity index is 1.47. The van der Waals surface area contributed by atoms with Gasteiger partial charge in [-0.05, 0) is 55.7 Å². The highest BCUT2D eigenvalue weighted by Crippen LogP contribution is 2.19. The molecule has 1 fully saturated rings. The third-order valence-corrected chi connectivity index (χ3v) is 4.45. The summed E-state index contributed by atoms with van der Waals surface area (Å²) < 4.78 is 10.8. The highest BCUT2D eigenvalue weighted by Gasteiger charge is 2.15. The van der Waals surface area contributed by atoms with Gasteiger partial charge in [-0.1, -0.05) is 6.07 Å². The lowest BCUT2D eigenvalue weighted by atomic mass is 10.2. The van der Waals surface area contributed by atoms with Gasteiger partial charge in [0.1, 0.15) is 17.3 Å². The number of nitrogens with one attached hydrogen (secondary N) is 1. The van der Waals surface area contributed by atoms with Gasteiger partial charge in [-0.3, -0.25) is 4.79 Å². The molecule has 0 radical (unpaired) electrons. The molecule has 1 aliphatic rings. The molecule has 0 unspecified atom stereocenters. The zero-order valence-electron chi connectivity index (χ0n) is 15.3. The lowest BCUT2D eigenvalue weighted by Crippen LogP contribution is -2.35. The summed E-state index contributed by atoms with van der Waals surface area (Å²) in [6.07, 6.45) is 3.69. The topological polar surface area (TPSA) is 63.7 Å². The molecule has 2 heterocycles. The number of ether oxygens (including phenoxy) is 2. The first-order valence-electron chi connectivity index (χ1n) is 8.94. The van der Waals surface area contributed by atoms with Crippen molar-refractivity contribution in [2.24, 2.45) is 0 Å². The van der Waals surface area contributed by atoms with E-state index in [1.54, 1.807) is 38.3 Å². The standard InChI is InChI=1S/C20H25N3O3/c1-15(26-18-8-6-17(25-2)7-9-18)20(24)22-14-16-5-10-19(21-13-16)23-11-3-4-12-23/h5-10,13,15H,3-4,11-12,14H2,1-2H3,(H,22,24)/t15-/m0/s1. The summed E-state index contributed by atoms with van der Waals surface area (Å²) in [5.41, 5.74) is 0.970. The molecule has 0 spiro atoms. The minimum Gasteiger partial charge on any atom is -0.497 e. The van der Waals surface area contributed by atoms with Crippen LogP contribution in [-0.4, -0.2) is 37.2 Å². The fraction of sp³-hybridized carbons (Fsp3) is 0.400. The third-order valence-electron chi connectivity index (χ3n) is 4.45. The Bertz CT molecular complexity index is 710. The predicted octanol–water partition coefficient (Wildman–Crippen LogP) is 2.77. The Morgan fingerprint density at radius 2 is 1.85 bits per heavy atom. The van der Waals surface area contributed by atoms with Crippen molar-refractivity contribution in [1.29, 1.82) is 0 Å². The molecule has 138 valence electrons. The van der Waals surface area contributed by atoms with Gasteiger partial charge in [0.2, 0.25) is 0 Å². The van der Waals surface area contributed by atoms with Gasteiger partial charge in [0, 0.05) is 25.8 Å². The maximum Gasteiger partial charge on any atom is 0.261 e. The molecule has 6 nitrogen and oxygen atoms in total. The smallest absolute Gasteiger partial charge is 0.261 e. The SMILES string of the molecule is COc1ccc(O[C@@H](C)C(=O)NCc2ccc(N3CCCC3)nc2)cc1. The highest BCUT2D eigenvalue weighted by atomic mass is 16.5. The number of carbonyl (C=O) groups excluding carboxylic acids is 1. The summed E-state index contributed by atoms with van der Waals surface area (Å²) in [7, 11) is 1.61. The van der Waals surface area contributed by atoms with Crippen LogP contribution < -0.4 is 19.7 Å². The predicted molar refractivity (Wildman–Crippen MR) is 101 cm³/mol. The number of benzene rings is 1. The van der Waals surface area contributed by atoms with Gasteiger partial charge in [-0.25, -0.2) is 4.98 Å². The number of aromatic nitrogens is 1. The summed E-state index contributed by atoms with van der Waals surface area (Å²) in [4.78, 5) is 19.0. The third kappa shape index (κ3) is 4.65. The second-order valence-electron chi connectivity index (χ2n) is 6.37. The Labute approximate surface area is 154 Å². The van der Waals surface area contributed by atoms with Crippen LogP contribution in [-0.2, 0) is 11.3 Å². The van der Waals surface area contributed by atoms with Crippen LogP contribution in [0.4, 0.5) is 5.82 Å². The van der Waals surface area contributed by atoms with Gasteiger partial charge in [0.05, 0.1) is 7.11 Å². The molecule has 26 heavy (non-hydrogen) atoms. The second kappa shape index (κ2) is 8.56. The van der Waals surface area contributed by atoms with Crippen LogP contribution in [0.3, 0.4) is 0 Å². The van der Waals surface area contributed by atoms with Crippen molar-refractivity contribution in [2.45, 2.75) is 32.4 Å². The molecule has 1 amide bonds. The molecule has 6 heteroatoms. The van der Waals surface area contributed by atoms with E-state index in [-0.39, 0.29) is 5.91 Å². The number of rotatable bonds is 7. The van der Waals surface area contributed by atoms with E-state index < -0.39 is 6.10 Å². The number of amides is 1. The average molecular weight is 355 g/mol. The van der Waals surface area contributed by atoms with Gasteiger partial charge in [0.25, 0.3) is 5.91 Å². The van der Waals surface area contributed by atoms with Crippen molar-refractivity contribution in [1.82, 2.24) is 10.3 Å². The molecule has 0 bridgehead atoms. The number of carbonyl (C=O) groups is 1. The highest BCUT2D eigenvalue weighted by molar-refractivity contribution is 5.80. The van der Waals surface area contributed by atoms with Crippen LogP contribution in [0.2, 0.25) is 0 Å². The van der Waals surface area contributed by atoms with E-state index in [1.165, 1.54) is 12.8 Å². The van der Waals surface area contributed by atoms with Crippen molar-refractivity contribution in [3.8, 4) is 11.5 Å². The van der Waals surface area contributed by atoms with E-state index in [0.29, 0.717) is 12.3 Å². The lowest BCUT2D eigenvalue weighted by Gasteiger charge is -2.17. The normalized spacial score (nSPS) is 14.8. The van der Waals surface area contributed by atoms with Crippen LogP contribution in [0.1, 0.15) is 25.3 Å². The van der Waals surface area contributed by atoms with E-state index in [4.69, 9.17) is 9.47 Å². The Morgan fingerprint density at radius 3 is 2.46 bits per heavy atom. The number of methoxy groups -OCH3 is 1. The van der Waals surface area contributed by atoms with Gasteiger partial charge in [-0.2, -0.15) is 0 Å². The van der Waals surface area contributed by atoms with E-state index in [1.807, 2.05) is 18.3 Å². The lowest BCUT2D eigenvalue weighted by molar-refractivity contribution is -0.127. The van der Waals surface area contributed by atoms with E-state index in [2.05, 4.69) is 15.2 Å². The van der Waals surface area contributed by atoms with Crippen LogP contribution in [0, 0.1) is 0 Å². The van der Waals surface area contributed by atoms with Gasteiger partial charge >= 0.3 is 0 Å². The first-order chi connectivity index (χ1) is 12.7. The largest absolute Gasteiger partial charge is 0.497 e. The summed E-state index contributed by atoms with van der Waals surface area (Å²) >= 11 is 0. The van der Waals surface area contributed by atoms with Gasteiger partial charge < -0.3 is 19.7 Å². The van der Waals surface area contributed by atoms with Gasteiger partial charge in [0.15, 0.2) is 6.10 Å². The second-order valence-corrected chi connectivity index (χ2v) is 6.37. The number of nitrogens with zero attached hydrogens (tertiary/aromatic N) is 2. The average Bonchev–Trinajstić information content (AvgIpc) is 3.22. The summed E-state index contributed by atoms with van der Waals surface area (Å²) in [5.74, 6) is 2.22. The molecule has 1 N–H and O–H groups in total. The number of hydrogen-bond acceptors (Lipinski definition) is 5. The number of hydrogen-bond donors (Lipinski definition) is 1. The van der Waals surface area contributed by atoms with Crippen molar-refractivity contribution in [3.05, 3.63) is 48.2 Å². The Hall–Kier alpha value is -2.76.